The summed E-state index contributed by atoms with van der Waals surface area (Å²) in [6.45, 7) is 5.92. The van der Waals surface area contributed by atoms with Gasteiger partial charge in [0, 0.05) is 0 Å². The first-order chi connectivity index (χ1) is 6.47. The van der Waals surface area contributed by atoms with Crippen molar-refractivity contribution in [2.45, 2.75) is 26.4 Å². The van der Waals surface area contributed by atoms with E-state index >= 15 is 0 Å². The summed E-state index contributed by atoms with van der Waals surface area (Å²) in [5.41, 5.74) is -0.481. The Morgan fingerprint density at radius 1 is 1.64 bits per heavy atom. The van der Waals surface area contributed by atoms with Crippen molar-refractivity contribution >= 4 is 6.09 Å². The van der Waals surface area contributed by atoms with Crippen LogP contribution in [-0.2, 0) is 14.2 Å². The van der Waals surface area contributed by atoms with Gasteiger partial charge in [0.1, 0.15) is 11.9 Å². The van der Waals surface area contributed by atoms with Gasteiger partial charge in [-0.25, -0.2) is 4.79 Å². The van der Waals surface area contributed by atoms with Gasteiger partial charge in [0.05, 0.1) is 6.54 Å². The molecule has 1 rings (SSSR count). The molecule has 0 bridgehead atoms. The van der Waals surface area contributed by atoms with E-state index < -0.39 is 11.7 Å². The first-order valence-corrected chi connectivity index (χ1v) is 4.38. The molecule has 0 aromatic heterocycles. The van der Waals surface area contributed by atoms with Crippen molar-refractivity contribution in [2.24, 2.45) is 0 Å². The molecule has 1 heterocycles. The summed E-state index contributed by atoms with van der Waals surface area (Å²) >= 11 is 0. The monoisotopic (exact) mass is 201 g/mol. The van der Waals surface area contributed by atoms with Gasteiger partial charge in [0.15, 0.2) is 5.76 Å². The van der Waals surface area contributed by atoms with E-state index in [1.54, 1.807) is 20.8 Å². The molecule has 0 radical (unpaired) electrons. The molecule has 0 aromatic carbocycles. The van der Waals surface area contributed by atoms with Crippen LogP contribution in [0.4, 0.5) is 4.79 Å². The Morgan fingerprint density at radius 3 is 2.86 bits per heavy atom. The summed E-state index contributed by atoms with van der Waals surface area (Å²) in [6.07, 6.45) is 1.01. The van der Waals surface area contributed by atoms with Gasteiger partial charge in [-0.15, -0.1) is 0 Å². The lowest BCUT2D eigenvalue weighted by atomic mass is 10.2. The minimum atomic E-state index is -0.481. The predicted octanol–water partition coefficient (Wildman–Crippen LogP) is 1.36. The van der Waals surface area contributed by atoms with Crippen molar-refractivity contribution < 1.29 is 19.0 Å². The van der Waals surface area contributed by atoms with Gasteiger partial charge in [-0.05, 0) is 20.8 Å². The molecule has 1 N–H and O–H groups in total. The number of rotatable bonds is 2. The summed E-state index contributed by atoms with van der Waals surface area (Å²) in [4.78, 5) is 11.2. The molecule has 14 heavy (non-hydrogen) atoms. The molecule has 0 unspecified atom stereocenters. The molecule has 0 spiro atoms. The second kappa shape index (κ2) is 4.21. The summed E-state index contributed by atoms with van der Waals surface area (Å²) in [5, 5.41) is 2.55. The minimum Gasteiger partial charge on any atom is -0.462 e. The summed E-state index contributed by atoms with van der Waals surface area (Å²) in [6, 6.07) is 0. The topological polar surface area (TPSA) is 56.8 Å². The van der Waals surface area contributed by atoms with Gasteiger partial charge >= 0.3 is 6.09 Å². The number of hydrogen-bond donors (Lipinski definition) is 1. The zero-order valence-corrected chi connectivity index (χ0v) is 8.62. The minimum absolute atomic E-state index is 0.214. The third-order valence-corrected chi connectivity index (χ3v) is 1.33. The Kier molecular flexibility index (Phi) is 3.22. The van der Waals surface area contributed by atoms with Gasteiger partial charge in [-0.3, -0.25) is 0 Å². The Balaban J connectivity index is 2.21. The molecule has 1 amide bonds. The van der Waals surface area contributed by atoms with E-state index in [9.17, 15) is 4.79 Å². The van der Waals surface area contributed by atoms with Crippen LogP contribution in [0.15, 0.2) is 12.0 Å². The molecule has 1 aliphatic heterocycles. The van der Waals surface area contributed by atoms with Gasteiger partial charge in [0.2, 0.25) is 6.79 Å². The van der Waals surface area contributed by atoms with Crippen LogP contribution < -0.4 is 5.32 Å². The van der Waals surface area contributed by atoms with Crippen LogP contribution in [0.2, 0.25) is 0 Å². The predicted molar refractivity (Wildman–Crippen MR) is 49.4 cm³/mol. The summed E-state index contributed by atoms with van der Waals surface area (Å²) in [7, 11) is 0. The highest BCUT2D eigenvalue weighted by atomic mass is 16.7. The number of carbonyl (C=O) groups excluding carboxylic acids is 1. The second-order valence-corrected chi connectivity index (χ2v) is 3.87. The molecular weight excluding hydrogens is 186 g/mol. The third-order valence-electron chi connectivity index (χ3n) is 1.33. The third kappa shape index (κ3) is 4.02. The number of hydrogen-bond acceptors (Lipinski definition) is 4. The van der Waals surface area contributed by atoms with E-state index in [-0.39, 0.29) is 13.3 Å². The number of carbonyl (C=O) groups is 1. The van der Waals surface area contributed by atoms with Crippen molar-refractivity contribution in [1.82, 2.24) is 5.32 Å². The fourth-order valence-electron chi connectivity index (χ4n) is 0.837. The van der Waals surface area contributed by atoms with E-state index in [0.717, 1.165) is 0 Å². The van der Waals surface area contributed by atoms with Crippen molar-refractivity contribution in [3.05, 3.63) is 12.0 Å². The van der Waals surface area contributed by atoms with Crippen LogP contribution in [0.3, 0.4) is 0 Å². The number of ether oxygens (including phenoxy) is 3. The van der Waals surface area contributed by atoms with Gasteiger partial charge in [-0.2, -0.15) is 0 Å². The van der Waals surface area contributed by atoms with Crippen LogP contribution in [0.25, 0.3) is 0 Å². The fraction of sp³-hybridized carbons (Fsp3) is 0.667. The summed E-state index contributed by atoms with van der Waals surface area (Å²) < 4.78 is 14.8. The lowest BCUT2D eigenvalue weighted by Crippen LogP contribution is -2.33. The van der Waals surface area contributed by atoms with Crippen molar-refractivity contribution in [3.63, 3.8) is 0 Å². The maximum Gasteiger partial charge on any atom is 0.408 e. The zero-order valence-electron chi connectivity index (χ0n) is 8.62. The average Bonchev–Trinajstić information content (AvgIpc) is 2.49. The fourth-order valence-corrected chi connectivity index (χ4v) is 0.837. The normalized spacial score (nSPS) is 15.2. The maximum absolute atomic E-state index is 11.2. The SMILES string of the molecule is CC(C)(C)OC(=O)NCC1=COCO1. The number of alkyl carbamates (subject to hydrolysis) is 1. The molecule has 1 aliphatic rings. The summed E-state index contributed by atoms with van der Waals surface area (Å²) in [5.74, 6) is 0.593. The van der Waals surface area contributed by atoms with Crippen molar-refractivity contribution in [2.75, 3.05) is 13.3 Å². The molecular formula is C9H15NO4. The molecule has 0 aliphatic carbocycles. The number of amides is 1. The second-order valence-electron chi connectivity index (χ2n) is 3.87. The van der Waals surface area contributed by atoms with E-state index in [1.165, 1.54) is 6.26 Å². The smallest absolute Gasteiger partial charge is 0.408 e. The molecule has 0 atom stereocenters. The average molecular weight is 201 g/mol. The number of nitrogens with one attached hydrogen (secondary N) is 1. The molecule has 0 fully saturated rings. The highest BCUT2D eigenvalue weighted by Crippen LogP contribution is 2.08. The lowest BCUT2D eigenvalue weighted by molar-refractivity contribution is 0.0504. The van der Waals surface area contributed by atoms with Crippen molar-refractivity contribution in [3.8, 4) is 0 Å². The highest BCUT2D eigenvalue weighted by molar-refractivity contribution is 5.67. The van der Waals surface area contributed by atoms with Gasteiger partial charge < -0.3 is 19.5 Å². The first-order valence-electron chi connectivity index (χ1n) is 4.38. The largest absolute Gasteiger partial charge is 0.462 e. The molecule has 0 saturated heterocycles. The molecule has 0 saturated carbocycles. The lowest BCUT2D eigenvalue weighted by Gasteiger charge is -2.19. The highest BCUT2D eigenvalue weighted by Gasteiger charge is 2.16. The molecule has 5 nitrogen and oxygen atoms in total. The Morgan fingerprint density at radius 2 is 2.36 bits per heavy atom. The maximum atomic E-state index is 11.2. The van der Waals surface area contributed by atoms with E-state index in [1.807, 2.05) is 0 Å². The first kappa shape index (κ1) is 10.7. The molecule has 0 aromatic rings. The van der Waals surface area contributed by atoms with E-state index in [4.69, 9.17) is 14.2 Å². The van der Waals surface area contributed by atoms with Gasteiger partial charge in [-0.1, -0.05) is 0 Å². The quantitative estimate of drug-likeness (QED) is 0.732. The Bertz CT molecular complexity index is 242. The standard InChI is InChI=1S/C9H15NO4/c1-9(2,3)14-8(11)10-4-7-5-12-6-13-7/h5H,4,6H2,1-3H3,(H,10,11). The molecule has 5 heteroatoms. The van der Waals surface area contributed by atoms with E-state index in [0.29, 0.717) is 5.76 Å². The Labute approximate surface area is 83.0 Å². The zero-order chi connectivity index (χ0) is 10.6. The van der Waals surface area contributed by atoms with Crippen LogP contribution in [0.1, 0.15) is 20.8 Å². The van der Waals surface area contributed by atoms with Crippen LogP contribution in [0.5, 0.6) is 0 Å². The van der Waals surface area contributed by atoms with Crippen LogP contribution in [0, 0.1) is 0 Å². The van der Waals surface area contributed by atoms with Crippen molar-refractivity contribution in [1.29, 1.82) is 0 Å². The van der Waals surface area contributed by atoms with Gasteiger partial charge in [0.25, 0.3) is 0 Å². The molecule has 80 valence electrons. The van der Waals surface area contributed by atoms with Crippen LogP contribution in [-0.4, -0.2) is 25.0 Å². The Hall–Kier alpha value is -1.39. The van der Waals surface area contributed by atoms with E-state index in [2.05, 4.69) is 5.32 Å². The van der Waals surface area contributed by atoms with Crippen LogP contribution >= 0.6 is 0 Å².